The minimum absolute atomic E-state index is 0.830. The van der Waals surface area contributed by atoms with E-state index in [2.05, 4.69) is 41.8 Å². The number of anilines is 1. The average molecular weight is 232 g/mol. The zero-order valence-corrected chi connectivity index (χ0v) is 11.0. The Morgan fingerprint density at radius 1 is 1.35 bits per heavy atom. The van der Waals surface area contributed by atoms with Gasteiger partial charge in [0.1, 0.15) is 5.82 Å². The molecule has 0 radical (unpaired) electrons. The molecule has 0 unspecified atom stereocenters. The fraction of sp³-hybridized carbons (Fsp3) is 0.462. The van der Waals surface area contributed by atoms with Crippen LogP contribution in [-0.2, 0) is 20.1 Å². The van der Waals surface area contributed by atoms with Gasteiger partial charge in [-0.15, -0.1) is 0 Å². The summed E-state index contributed by atoms with van der Waals surface area (Å²) in [5, 5.41) is 7.65. The highest BCUT2D eigenvalue weighted by Crippen LogP contribution is 2.16. The van der Waals surface area contributed by atoms with E-state index in [4.69, 9.17) is 0 Å². The first-order valence-electron chi connectivity index (χ1n) is 6.01. The molecule has 0 fully saturated rings. The van der Waals surface area contributed by atoms with Crippen molar-refractivity contribution in [2.75, 3.05) is 5.32 Å². The lowest BCUT2D eigenvalue weighted by atomic mass is 10.2. The first-order chi connectivity index (χ1) is 8.11. The van der Waals surface area contributed by atoms with E-state index in [0.717, 1.165) is 18.9 Å². The summed E-state index contributed by atoms with van der Waals surface area (Å²) in [7, 11) is 1.92. The summed E-state index contributed by atoms with van der Waals surface area (Å²) < 4.78 is 4.13. The Morgan fingerprint density at radius 2 is 2.12 bits per heavy atom. The molecule has 2 rings (SSSR count). The van der Waals surface area contributed by atoms with Crippen LogP contribution < -0.4 is 5.32 Å². The van der Waals surface area contributed by atoms with E-state index in [0.29, 0.717) is 0 Å². The van der Waals surface area contributed by atoms with Crippen molar-refractivity contribution in [2.45, 2.75) is 33.9 Å². The minimum atomic E-state index is 0.830. The van der Waals surface area contributed by atoms with Gasteiger partial charge in [-0.05, 0) is 32.4 Å². The minimum Gasteiger partial charge on any atom is -0.364 e. The van der Waals surface area contributed by atoms with Gasteiger partial charge in [-0.25, -0.2) is 0 Å². The Balaban J connectivity index is 2.09. The molecule has 0 saturated carbocycles. The number of hydrogen-bond donors (Lipinski definition) is 1. The Bertz CT molecular complexity index is 507. The second kappa shape index (κ2) is 4.65. The van der Waals surface area contributed by atoms with E-state index in [9.17, 15) is 0 Å². The summed E-state index contributed by atoms with van der Waals surface area (Å²) in [6.07, 6.45) is 1.94. The van der Waals surface area contributed by atoms with Crippen LogP contribution in [0.4, 0.5) is 5.82 Å². The third kappa shape index (κ3) is 2.35. The van der Waals surface area contributed by atoms with Crippen molar-refractivity contribution in [2.24, 2.45) is 7.05 Å². The van der Waals surface area contributed by atoms with E-state index in [1.165, 1.54) is 17.0 Å². The van der Waals surface area contributed by atoms with E-state index in [1.807, 2.05) is 19.3 Å². The number of aromatic nitrogens is 3. The van der Waals surface area contributed by atoms with Crippen molar-refractivity contribution < 1.29 is 0 Å². The first-order valence-corrected chi connectivity index (χ1v) is 6.01. The predicted octanol–water partition coefficient (Wildman–Crippen LogP) is 2.47. The summed E-state index contributed by atoms with van der Waals surface area (Å²) in [6.45, 7) is 8.36. The van der Waals surface area contributed by atoms with Crippen LogP contribution in [-0.4, -0.2) is 14.3 Å². The number of aryl methyl sites for hydroxylation is 2. The molecule has 0 aliphatic heterocycles. The number of rotatable bonds is 4. The zero-order chi connectivity index (χ0) is 12.4. The molecule has 92 valence electrons. The van der Waals surface area contributed by atoms with Crippen molar-refractivity contribution in [1.29, 1.82) is 0 Å². The summed E-state index contributed by atoms with van der Waals surface area (Å²) in [5.74, 6) is 0.925. The van der Waals surface area contributed by atoms with E-state index in [-0.39, 0.29) is 0 Å². The van der Waals surface area contributed by atoms with Gasteiger partial charge < -0.3 is 9.88 Å². The van der Waals surface area contributed by atoms with Gasteiger partial charge in [0.25, 0.3) is 0 Å². The molecule has 0 aromatic carbocycles. The van der Waals surface area contributed by atoms with Crippen LogP contribution in [0.5, 0.6) is 0 Å². The van der Waals surface area contributed by atoms with Gasteiger partial charge in [0, 0.05) is 43.8 Å². The van der Waals surface area contributed by atoms with Gasteiger partial charge in [0.15, 0.2) is 0 Å². The molecular weight excluding hydrogens is 212 g/mol. The molecule has 0 spiro atoms. The highest BCUT2D eigenvalue weighted by Gasteiger charge is 2.07. The lowest BCUT2D eigenvalue weighted by Gasteiger charge is -2.06. The molecule has 2 aromatic rings. The molecule has 0 aliphatic carbocycles. The van der Waals surface area contributed by atoms with Crippen LogP contribution in [0.2, 0.25) is 0 Å². The van der Waals surface area contributed by atoms with Crippen molar-refractivity contribution in [1.82, 2.24) is 14.3 Å². The summed E-state index contributed by atoms with van der Waals surface area (Å²) >= 11 is 0. The van der Waals surface area contributed by atoms with E-state index < -0.39 is 0 Å². The molecular formula is C13H20N4. The number of hydrogen-bond acceptors (Lipinski definition) is 2. The lowest BCUT2D eigenvalue weighted by Crippen LogP contribution is -2.03. The second-order valence-corrected chi connectivity index (χ2v) is 4.37. The van der Waals surface area contributed by atoms with Crippen LogP contribution in [0.1, 0.15) is 23.9 Å². The molecule has 0 amide bonds. The second-order valence-electron chi connectivity index (χ2n) is 4.37. The van der Waals surface area contributed by atoms with Crippen molar-refractivity contribution in [3.05, 3.63) is 35.3 Å². The molecule has 4 nitrogen and oxygen atoms in total. The summed E-state index contributed by atoms with van der Waals surface area (Å²) in [5.41, 5.74) is 4.01. The lowest BCUT2D eigenvalue weighted by molar-refractivity contribution is 0.715. The fourth-order valence-electron chi connectivity index (χ4n) is 2.23. The van der Waals surface area contributed by atoms with Gasteiger partial charge in [-0.1, -0.05) is 0 Å². The SMILES string of the molecule is CCn1c(C)cc(CNc2ccn(C)n2)c1C. The topological polar surface area (TPSA) is 34.8 Å². The first kappa shape index (κ1) is 11.8. The zero-order valence-electron chi connectivity index (χ0n) is 11.0. The quantitative estimate of drug-likeness (QED) is 0.878. The van der Waals surface area contributed by atoms with Crippen LogP contribution in [0.3, 0.4) is 0 Å². The van der Waals surface area contributed by atoms with Crippen molar-refractivity contribution in [3.8, 4) is 0 Å². The molecule has 0 saturated heterocycles. The highest BCUT2D eigenvalue weighted by atomic mass is 15.3. The third-order valence-corrected chi connectivity index (χ3v) is 3.17. The molecule has 2 aromatic heterocycles. The van der Waals surface area contributed by atoms with E-state index in [1.54, 1.807) is 4.68 Å². The molecule has 2 heterocycles. The average Bonchev–Trinajstić information content (AvgIpc) is 2.81. The molecule has 0 atom stereocenters. The van der Waals surface area contributed by atoms with E-state index >= 15 is 0 Å². The Kier molecular flexibility index (Phi) is 3.22. The monoisotopic (exact) mass is 232 g/mol. The third-order valence-electron chi connectivity index (χ3n) is 3.17. The Morgan fingerprint density at radius 3 is 2.65 bits per heavy atom. The maximum atomic E-state index is 4.30. The van der Waals surface area contributed by atoms with Crippen LogP contribution in [0.15, 0.2) is 18.3 Å². The largest absolute Gasteiger partial charge is 0.364 e. The highest BCUT2D eigenvalue weighted by molar-refractivity contribution is 5.36. The maximum absolute atomic E-state index is 4.30. The molecule has 0 bridgehead atoms. The Hall–Kier alpha value is -1.71. The molecule has 0 aliphatic rings. The van der Waals surface area contributed by atoms with Gasteiger partial charge >= 0.3 is 0 Å². The molecule has 4 heteroatoms. The number of nitrogens with one attached hydrogen (secondary N) is 1. The van der Waals surface area contributed by atoms with Crippen molar-refractivity contribution >= 4 is 5.82 Å². The Labute approximate surface area is 102 Å². The molecule has 1 N–H and O–H groups in total. The normalized spacial score (nSPS) is 10.8. The predicted molar refractivity (Wildman–Crippen MR) is 70.1 cm³/mol. The van der Waals surface area contributed by atoms with Crippen LogP contribution in [0.25, 0.3) is 0 Å². The van der Waals surface area contributed by atoms with Crippen LogP contribution in [0, 0.1) is 13.8 Å². The van der Waals surface area contributed by atoms with Gasteiger partial charge in [0.05, 0.1) is 0 Å². The number of nitrogens with zero attached hydrogens (tertiary/aromatic N) is 3. The summed E-state index contributed by atoms with van der Waals surface area (Å²) in [4.78, 5) is 0. The van der Waals surface area contributed by atoms with Crippen molar-refractivity contribution in [3.63, 3.8) is 0 Å². The van der Waals surface area contributed by atoms with Crippen LogP contribution >= 0.6 is 0 Å². The maximum Gasteiger partial charge on any atom is 0.148 e. The summed E-state index contributed by atoms with van der Waals surface area (Å²) in [6, 6.07) is 4.23. The van der Waals surface area contributed by atoms with Gasteiger partial charge in [-0.3, -0.25) is 4.68 Å². The van der Waals surface area contributed by atoms with Gasteiger partial charge in [0.2, 0.25) is 0 Å². The molecule has 17 heavy (non-hydrogen) atoms. The smallest absolute Gasteiger partial charge is 0.148 e. The fourth-order valence-corrected chi connectivity index (χ4v) is 2.23. The van der Waals surface area contributed by atoms with Gasteiger partial charge in [-0.2, -0.15) is 5.10 Å². The standard InChI is InChI=1S/C13H20N4/c1-5-17-10(2)8-12(11(17)3)9-14-13-6-7-16(4)15-13/h6-8H,5,9H2,1-4H3,(H,14,15).